The average Bonchev–Trinajstić information content (AvgIpc) is 2.75. The molecule has 3 N–H and O–H groups in total. The van der Waals surface area contributed by atoms with Gasteiger partial charge in [-0.3, -0.25) is 4.98 Å². The van der Waals surface area contributed by atoms with E-state index in [1.54, 1.807) is 30.5 Å². The Morgan fingerprint density at radius 1 is 1.23 bits per heavy atom. The summed E-state index contributed by atoms with van der Waals surface area (Å²) in [6.07, 6.45) is 3.95. The number of aliphatic imine (C=N–C) groups is 1. The molecule has 30 heavy (non-hydrogen) atoms. The minimum absolute atomic E-state index is 0. The summed E-state index contributed by atoms with van der Waals surface area (Å²) < 4.78 is 25.5. The van der Waals surface area contributed by atoms with E-state index in [0.29, 0.717) is 23.9 Å². The predicted molar refractivity (Wildman–Crippen MR) is 124 cm³/mol. The number of nitrogens with two attached hydrogens (primary N) is 1. The lowest BCUT2D eigenvalue weighted by Crippen LogP contribution is -2.37. The van der Waals surface area contributed by atoms with Gasteiger partial charge in [-0.1, -0.05) is 24.3 Å². The molecule has 0 spiro atoms. The first kappa shape index (κ1) is 21.8. The molecule has 0 bridgehead atoms. The number of nitrogens with zero attached hydrogens (tertiary/aromatic N) is 2. The molecule has 1 atom stereocenters. The van der Waals surface area contributed by atoms with Crippen LogP contribution in [-0.4, -0.2) is 17.6 Å². The number of pyridine rings is 1. The van der Waals surface area contributed by atoms with Crippen LogP contribution in [0.2, 0.25) is 0 Å². The number of rotatable bonds is 5. The maximum atomic E-state index is 14.3. The van der Waals surface area contributed by atoms with Crippen LogP contribution in [-0.2, 0) is 6.54 Å². The zero-order valence-corrected chi connectivity index (χ0v) is 18.5. The molecular weight excluding hydrogens is 498 g/mol. The van der Waals surface area contributed by atoms with Gasteiger partial charge in [0, 0.05) is 18.2 Å². The second-order valence-electron chi connectivity index (χ2n) is 6.63. The van der Waals surface area contributed by atoms with Crippen LogP contribution in [0.15, 0.2) is 72.0 Å². The number of aromatic nitrogens is 1. The van der Waals surface area contributed by atoms with E-state index in [9.17, 15) is 4.39 Å². The van der Waals surface area contributed by atoms with Crippen molar-refractivity contribution in [3.8, 4) is 17.2 Å². The van der Waals surface area contributed by atoms with Crippen molar-refractivity contribution >= 4 is 29.9 Å². The van der Waals surface area contributed by atoms with E-state index in [4.69, 9.17) is 15.2 Å². The summed E-state index contributed by atoms with van der Waals surface area (Å²) in [7, 11) is 0. The molecule has 3 aromatic rings. The highest BCUT2D eigenvalue weighted by Gasteiger charge is 2.21. The van der Waals surface area contributed by atoms with Crippen molar-refractivity contribution in [2.24, 2.45) is 10.7 Å². The Kier molecular flexibility index (Phi) is 7.45. The van der Waals surface area contributed by atoms with Crippen molar-refractivity contribution in [2.75, 3.05) is 6.61 Å². The van der Waals surface area contributed by atoms with E-state index in [1.165, 1.54) is 12.3 Å². The van der Waals surface area contributed by atoms with Gasteiger partial charge >= 0.3 is 0 Å². The first-order valence-corrected chi connectivity index (χ1v) is 9.33. The molecule has 0 saturated heterocycles. The number of para-hydroxylation sites is 1. The molecule has 0 aliphatic carbocycles. The van der Waals surface area contributed by atoms with Crippen molar-refractivity contribution in [2.45, 2.75) is 19.0 Å². The van der Waals surface area contributed by atoms with Gasteiger partial charge in [-0.15, -0.1) is 24.0 Å². The van der Waals surface area contributed by atoms with Crippen LogP contribution in [0, 0.1) is 5.82 Å². The Morgan fingerprint density at radius 2 is 2.10 bits per heavy atom. The topological polar surface area (TPSA) is 81.8 Å². The van der Waals surface area contributed by atoms with Gasteiger partial charge in [0.15, 0.2) is 17.5 Å². The van der Waals surface area contributed by atoms with Crippen LogP contribution in [0.5, 0.6) is 17.2 Å². The molecule has 0 radical (unpaired) electrons. The van der Waals surface area contributed by atoms with Crippen molar-refractivity contribution in [1.29, 1.82) is 0 Å². The highest BCUT2D eigenvalue weighted by molar-refractivity contribution is 14.0. The summed E-state index contributed by atoms with van der Waals surface area (Å²) in [4.78, 5) is 8.29. The van der Waals surface area contributed by atoms with Gasteiger partial charge in [-0.25, -0.2) is 9.38 Å². The quantitative estimate of drug-likeness (QED) is 0.293. The van der Waals surface area contributed by atoms with Crippen LogP contribution < -0.4 is 20.5 Å². The molecule has 0 saturated carbocycles. The maximum Gasteiger partial charge on any atom is 0.189 e. The third kappa shape index (κ3) is 5.38. The lowest BCUT2D eigenvalue weighted by atomic mass is 10.0. The van der Waals surface area contributed by atoms with Crippen LogP contribution >= 0.6 is 24.0 Å². The molecule has 8 heteroatoms. The smallest absolute Gasteiger partial charge is 0.189 e. The highest BCUT2D eigenvalue weighted by Crippen LogP contribution is 2.31. The van der Waals surface area contributed by atoms with Crippen molar-refractivity contribution < 1.29 is 13.9 Å². The number of ether oxygens (including phenoxy) is 2. The lowest BCUT2D eigenvalue weighted by molar-refractivity contribution is 0.262. The molecule has 0 fully saturated rings. The molecular formula is C22H22FIN4O2. The maximum absolute atomic E-state index is 14.3. The van der Waals surface area contributed by atoms with Crippen LogP contribution in [0.25, 0.3) is 0 Å². The van der Waals surface area contributed by atoms with E-state index < -0.39 is 5.82 Å². The van der Waals surface area contributed by atoms with Gasteiger partial charge in [-0.05, 0) is 35.9 Å². The molecule has 2 heterocycles. The molecule has 156 valence electrons. The van der Waals surface area contributed by atoms with Crippen molar-refractivity contribution in [3.05, 3.63) is 83.9 Å². The Hall–Kier alpha value is -2.88. The van der Waals surface area contributed by atoms with Crippen LogP contribution in [0.4, 0.5) is 4.39 Å². The van der Waals surface area contributed by atoms with Gasteiger partial charge in [0.1, 0.15) is 11.5 Å². The third-order valence-electron chi connectivity index (χ3n) is 4.57. The summed E-state index contributed by atoms with van der Waals surface area (Å²) in [6.45, 7) is 0.874. The molecule has 2 aromatic carbocycles. The minimum atomic E-state index is -0.466. The molecule has 1 aliphatic rings. The lowest BCUT2D eigenvalue weighted by Gasteiger charge is -2.26. The van der Waals surface area contributed by atoms with E-state index >= 15 is 0 Å². The third-order valence-corrected chi connectivity index (χ3v) is 4.57. The summed E-state index contributed by atoms with van der Waals surface area (Å²) in [6, 6.07) is 16.1. The molecule has 0 amide bonds. The molecule has 1 aliphatic heterocycles. The number of fused-ring (bicyclic) bond motifs is 1. The first-order valence-electron chi connectivity index (χ1n) is 9.33. The Bertz CT molecular complexity index is 1020. The zero-order chi connectivity index (χ0) is 20.1. The molecule has 1 unspecified atom stereocenters. The number of halogens is 2. The number of guanidine groups is 1. The fourth-order valence-electron chi connectivity index (χ4n) is 3.15. The SMILES string of the molecule is I.NC(=NCc1ccc(Oc2cccnc2)c(F)c1)NC1CCOc2ccccc21. The predicted octanol–water partition coefficient (Wildman–Crippen LogP) is 4.56. The van der Waals surface area contributed by atoms with Gasteiger partial charge in [0.25, 0.3) is 0 Å². The summed E-state index contributed by atoms with van der Waals surface area (Å²) in [5.74, 6) is 1.31. The second kappa shape index (κ2) is 10.2. The Morgan fingerprint density at radius 3 is 2.90 bits per heavy atom. The average molecular weight is 520 g/mol. The number of hydrogen-bond acceptors (Lipinski definition) is 4. The summed E-state index contributed by atoms with van der Waals surface area (Å²) in [5.41, 5.74) is 7.80. The largest absolute Gasteiger partial charge is 0.493 e. The Labute approximate surface area is 191 Å². The van der Waals surface area contributed by atoms with Crippen molar-refractivity contribution in [3.63, 3.8) is 0 Å². The van der Waals surface area contributed by atoms with Crippen molar-refractivity contribution in [1.82, 2.24) is 10.3 Å². The van der Waals surface area contributed by atoms with Crippen LogP contribution in [0.3, 0.4) is 0 Å². The molecule has 4 rings (SSSR count). The van der Waals surface area contributed by atoms with E-state index in [-0.39, 0.29) is 42.3 Å². The molecule has 6 nitrogen and oxygen atoms in total. The monoisotopic (exact) mass is 520 g/mol. The fraction of sp³-hybridized carbons (Fsp3) is 0.182. The highest BCUT2D eigenvalue weighted by atomic mass is 127. The van der Waals surface area contributed by atoms with E-state index in [2.05, 4.69) is 15.3 Å². The minimum Gasteiger partial charge on any atom is -0.493 e. The summed E-state index contributed by atoms with van der Waals surface area (Å²) in [5, 5.41) is 3.23. The first-order chi connectivity index (χ1) is 14.2. The van der Waals surface area contributed by atoms with Crippen LogP contribution in [0.1, 0.15) is 23.6 Å². The zero-order valence-electron chi connectivity index (χ0n) is 16.1. The molecule has 1 aromatic heterocycles. The number of nitrogens with one attached hydrogen (secondary N) is 1. The van der Waals surface area contributed by atoms with Gasteiger partial charge in [-0.2, -0.15) is 0 Å². The van der Waals surface area contributed by atoms with Gasteiger partial charge < -0.3 is 20.5 Å². The normalized spacial score (nSPS) is 15.4. The summed E-state index contributed by atoms with van der Waals surface area (Å²) >= 11 is 0. The van der Waals surface area contributed by atoms with Gasteiger partial charge in [0.05, 0.1) is 25.4 Å². The van der Waals surface area contributed by atoms with Gasteiger partial charge in [0.2, 0.25) is 0 Å². The van der Waals surface area contributed by atoms with E-state index in [1.807, 2.05) is 24.3 Å². The fourth-order valence-corrected chi connectivity index (χ4v) is 3.15. The Balaban J connectivity index is 0.00000256. The number of benzene rings is 2. The van der Waals surface area contributed by atoms with E-state index in [0.717, 1.165) is 17.7 Å². The number of hydrogen-bond donors (Lipinski definition) is 2. The second-order valence-corrected chi connectivity index (χ2v) is 6.63. The standard InChI is InChI=1S/C22H21FN4O2.HI/c23-18-12-15(7-8-21(18)29-16-4-3-10-25-14-16)13-26-22(24)27-19-9-11-28-20-6-2-1-5-17(19)20;/h1-8,10,12,14,19H,9,11,13H2,(H3,24,26,27);1H.